The van der Waals surface area contributed by atoms with E-state index < -0.39 is 12.6 Å². The van der Waals surface area contributed by atoms with E-state index in [0.717, 1.165) is 11.4 Å². The van der Waals surface area contributed by atoms with Gasteiger partial charge in [0.15, 0.2) is 6.61 Å². The number of thioether (sulfide) groups is 1. The number of aromatic amines is 1. The minimum Gasteiger partial charge on any atom is -0.481 e. The molecule has 3 N–H and O–H groups in total. The summed E-state index contributed by atoms with van der Waals surface area (Å²) in [6.07, 6.45) is 1.41. The number of para-hydroxylation sites is 1. The highest BCUT2D eigenvalue weighted by molar-refractivity contribution is 7.99. The number of H-pyrrole nitrogens is 1. The van der Waals surface area contributed by atoms with Crippen molar-refractivity contribution in [3.63, 3.8) is 0 Å². The van der Waals surface area contributed by atoms with E-state index in [4.69, 9.17) is 9.84 Å². The Labute approximate surface area is 189 Å². The molecule has 2 aromatic carbocycles. The van der Waals surface area contributed by atoms with Gasteiger partial charge < -0.3 is 9.84 Å². The molecule has 0 bridgehead atoms. The summed E-state index contributed by atoms with van der Waals surface area (Å²) < 4.78 is 7.23. The zero-order valence-electron chi connectivity index (χ0n) is 17.7. The van der Waals surface area contributed by atoms with Crippen LogP contribution in [0.4, 0.5) is 0 Å². The van der Waals surface area contributed by atoms with Gasteiger partial charge in [-0.2, -0.15) is 5.10 Å². The van der Waals surface area contributed by atoms with Gasteiger partial charge >= 0.3 is 11.1 Å². The first-order valence-corrected chi connectivity index (χ1v) is 10.9. The summed E-state index contributed by atoms with van der Waals surface area (Å²) in [5.74, 6) is 0.0120. The number of carboxylic acids is 1. The van der Waals surface area contributed by atoms with Crippen LogP contribution in [0.1, 0.15) is 18.1 Å². The molecule has 32 heavy (non-hydrogen) atoms. The number of nitrogens with zero attached hydrogens (tertiary/aromatic N) is 3. The standard InChI is InChI=1S/C22H23N5O4S/c1-3-27-21(16-10-8-15(2)9-11-16)25-26-22(27)32-14-19(28)24-23-12-17-6-4-5-7-18(17)31-13-20(29)30/h4-12H,3,13-14H2,1-2H3,(H2,24,28,29,30)/p+1. The van der Waals surface area contributed by atoms with E-state index in [2.05, 4.69) is 20.7 Å². The van der Waals surface area contributed by atoms with Crippen LogP contribution < -0.4 is 14.7 Å². The number of aliphatic carboxylic acids is 1. The minimum absolute atomic E-state index is 0.132. The van der Waals surface area contributed by atoms with Crippen LogP contribution in [0.25, 0.3) is 11.4 Å². The van der Waals surface area contributed by atoms with Crippen LogP contribution in [0.2, 0.25) is 0 Å². The van der Waals surface area contributed by atoms with E-state index >= 15 is 0 Å². The largest absolute Gasteiger partial charge is 0.481 e. The molecule has 0 aliphatic heterocycles. The Balaban J connectivity index is 1.58. The average molecular weight is 455 g/mol. The number of hydrazone groups is 1. The summed E-state index contributed by atoms with van der Waals surface area (Å²) in [5.41, 5.74) is 5.22. The zero-order valence-corrected chi connectivity index (χ0v) is 18.6. The number of nitrogens with one attached hydrogen (secondary N) is 2. The van der Waals surface area contributed by atoms with Crippen molar-refractivity contribution in [3.8, 4) is 17.1 Å². The maximum Gasteiger partial charge on any atom is 0.341 e. The van der Waals surface area contributed by atoms with Crippen molar-refractivity contribution in [2.45, 2.75) is 25.5 Å². The fourth-order valence-electron chi connectivity index (χ4n) is 2.85. The number of amides is 1. The molecule has 3 aromatic rings. The SMILES string of the molecule is CC[n+]1c(SCC(=O)NN=Cc2ccccc2OCC(=O)O)n[nH]c1-c1ccc(C)cc1. The lowest BCUT2D eigenvalue weighted by Gasteiger charge is -2.06. The molecule has 10 heteroatoms. The highest BCUT2D eigenvalue weighted by Crippen LogP contribution is 2.18. The van der Waals surface area contributed by atoms with Gasteiger partial charge in [0.05, 0.1) is 29.2 Å². The van der Waals surface area contributed by atoms with Crippen LogP contribution in [0.3, 0.4) is 0 Å². The maximum absolute atomic E-state index is 12.2. The van der Waals surface area contributed by atoms with Crippen LogP contribution in [0.5, 0.6) is 5.75 Å². The van der Waals surface area contributed by atoms with Crippen molar-refractivity contribution in [1.82, 2.24) is 15.6 Å². The Morgan fingerprint density at radius 1 is 1.25 bits per heavy atom. The van der Waals surface area contributed by atoms with Gasteiger partial charge in [-0.05, 0) is 49.9 Å². The second kappa shape index (κ2) is 11.1. The van der Waals surface area contributed by atoms with E-state index in [1.807, 2.05) is 42.7 Å². The third-order valence-corrected chi connectivity index (χ3v) is 5.37. The van der Waals surface area contributed by atoms with Crippen molar-refractivity contribution in [2.75, 3.05) is 12.4 Å². The van der Waals surface area contributed by atoms with Crippen molar-refractivity contribution in [2.24, 2.45) is 5.10 Å². The van der Waals surface area contributed by atoms with Crippen LogP contribution >= 0.6 is 11.8 Å². The van der Waals surface area contributed by atoms with Gasteiger partial charge in [0.25, 0.3) is 11.7 Å². The summed E-state index contributed by atoms with van der Waals surface area (Å²) in [5, 5.41) is 20.8. The van der Waals surface area contributed by atoms with E-state index in [1.165, 1.54) is 23.5 Å². The van der Waals surface area contributed by atoms with Crippen LogP contribution in [0, 0.1) is 6.92 Å². The Kier molecular flexibility index (Phi) is 7.98. The molecular formula is C22H24N5O4S+. The number of carbonyl (C=O) groups excluding carboxylic acids is 1. The Morgan fingerprint density at radius 2 is 2.00 bits per heavy atom. The number of hydrogen-bond acceptors (Lipinski definition) is 6. The fourth-order valence-corrected chi connectivity index (χ4v) is 3.66. The lowest BCUT2D eigenvalue weighted by atomic mass is 10.1. The predicted molar refractivity (Wildman–Crippen MR) is 121 cm³/mol. The van der Waals surface area contributed by atoms with E-state index in [9.17, 15) is 9.59 Å². The highest BCUT2D eigenvalue weighted by atomic mass is 32.2. The van der Waals surface area contributed by atoms with Crippen molar-refractivity contribution in [1.29, 1.82) is 0 Å². The molecule has 9 nitrogen and oxygen atoms in total. The number of carbonyl (C=O) groups is 2. The summed E-state index contributed by atoms with van der Waals surface area (Å²) in [7, 11) is 0. The quantitative estimate of drug-likeness (QED) is 0.187. The number of aromatic nitrogens is 3. The molecule has 1 aromatic heterocycles. The molecule has 0 unspecified atom stereocenters. The third-order valence-electron chi connectivity index (χ3n) is 4.39. The number of rotatable bonds is 10. The molecule has 0 spiro atoms. The molecule has 0 aliphatic rings. The first-order valence-electron chi connectivity index (χ1n) is 9.91. The normalized spacial score (nSPS) is 10.9. The number of aryl methyl sites for hydroxylation is 1. The van der Waals surface area contributed by atoms with Gasteiger partial charge in [0.1, 0.15) is 5.75 Å². The molecule has 1 amide bonds. The van der Waals surface area contributed by atoms with Crippen LogP contribution in [-0.4, -0.2) is 45.8 Å². The Morgan fingerprint density at radius 3 is 2.72 bits per heavy atom. The Bertz CT molecular complexity index is 1110. The second-order valence-electron chi connectivity index (χ2n) is 6.77. The lowest BCUT2D eigenvalue weighted by Crippen LogP contribution is -2.36. The molecule has 3 rings (SSSR count). The lowest BCUT2D eigenvalue weighted by molar-refractivity contribution is -0.719. The first kappa shape index (κ1) is 23.0. The molecule has 0 saturated carbocycles. The number of ether oxygens (including phenoxy) is 1. The minimum atomic E-state index is -1.07. The third kappa shape index (κ3) is 6.17. The maximum atomic E-state index is 12.2. The molecule has 0 atom stereocenters. The van der Waals surface area contributed by atoms with Crippen molar-refractivity contribution >= 4 is 29.9 Å². The van der Waals surface area contributed by atoms with Gasteiger partial charge in [0.2, 0.25) is 0 Å². The van der Waals surface area contributed by atoms with Gasteiger partial charge in [-0.3, -0.25) is 4.79 Å². The van der Waals surface area contributed by atoms with Crippen molar-refractivity contribution < 1.29 is 24.0 Å². The first-order chi connectivity index (χ1) is 15.5. The number of carboxylic acid groups (broad SMARTS) is 1. The average Bonchev–Trinajstić information content (AvgIpc) is 3.20. The van der Waals surface area contributed by atoms with E-state index in [-0.39, 0.29) is 11.7 Å². The highest BCUT2D eigenvalue weighted by Gasteiger charge is 2.21. The monoisotopic (exact) mass is 454 g/mol. The number of benzene rings is 2. The summed E-state index contributed by atoms with van der Waals surface area (Å²) in [6, 6.07) is 15.0. The van der Waals surface area contributed by atoms with E-state index in [0.29, 0.717) is 23.0 Å². The fraction of sp³-hybridized carbons (Fsp3) is 0.227. The smallest absolute Gasteiger partial charge is 0.341 e. The molecule has 0 radical (unpaired) electrons. The Hall–Kier alpha value is -3.66. The van der Waals surface area contributed by atoms with Crippen LogP contribution in [-0.2, 0) is 16.1 Å². The van der Waals surface area contributed by atoms with E-state index in [1.54, 1.807) is 24.3 Å². The van der Waals surface area contributed by atoms with Gasteiger partial charge in [-0.25, -0.2) is 14.8 Å². The molecule has 0 aliphatic carbocycles. The van der Waals surface area contributed by atoms with Crippen LogP contribution in [0.15, 0.2) is 58.8 Å². The molecule has 0 fully saturated rings. The molecule has 166 valence electrons. The number of hydrogen-bond donors (Lipinski definition) is 3. The zero-order chi connectivity index (χ0) is 22.9. The predicted octanol–water partition coefficient (Wildman–Crippen LogP) is 2.40. The van der Waals surface area contributed by atoms with Gasteiger partial charge in [-0.1, -0.05) is 29.8 Å². The molecular weight excluding hydrogens is 430 g/mol. The molecule has 1 heterocycles. The van der Waals surface area contributed by atoms with Crippen molar-refractivity contribution in [3.05, 3.63) is 59.7 Å². The topological polar surface area (TPSA) is 121 Å². The molecule has 0 saturated heterocycles. The van der Waals surface area contributed by atoms with Gasteiger partial charge in [-0.15, -0.1) is 5.10 Å². The summed E-state index contributed by atoms with van der Waals surface area (Å²) in [6.45, 7) is 4.30. The summed E-state index contributed by atoms with van der Waals surface area (Å²) >= 11 is 1.30. The van der Waals surface area contributed by atoms with Gasteiger partial charge in [0, 0.05) is 5.56 Å². The summed E-state index contributed by atoms with van der Waals surface area (Å²) in [4.78, 5) is 22.9. The second-order valence-corrected chi connectivity index (χ2v) is 7.71.